The molecule has 27 heavy (non-hydrogen) atoms. The second kappa shape index (κ2) is 9.31. The highest BCUT2D eigenvalue weighted by Crippen LogP contribution is 2.26. The van der Waals surface area contributed by atoms with Crippen LogP contribution < -0.4 is 4.90 Å². The van der Waals surface area contributed by atoms with Crippen LogP contribution in [0, 0.1) is 20.8 Å². The highest BCUT2D eigenvalue weighted by molar-refractivity contribution is 5.94. The lowest BCUT2D eigenvalue weighted by molar-refractivity contribution is -0.129. The van der Waals surface area contributed by atoms with Crippen molar-refractivity contribution in [3.8, 4) is 0 Å². The molecule has 144 valence electrons. The maximum absolute atomic E-state index is 12.5. The number of rotatable bonds is 7. The molecule has 0 aliphatic carbocycles. The van der Waals surface area contributed by atoms with Crippen molar-refractivity contribution >= 4 is 17.5 Å². The van der Waals surface area contributed by atoms with Crippen molar-refractivity contribution in [3.05, 3.63) is 58.9 Å². The molecule has 0 saturated carbocycles. The van der Waals surface area contributed by atoms with Crippen molar-refractivity contribution in [3.63, 3.8) is 0 Å². The van der Waals surface area contributed by atoms with E-state index < -0.39 is 0 Å². The number of aromatic nitrogens is 1. The summed E-state index contributed by atoms with van der Waals surface area (Å²) in [5.41, 5.74) is 5.35. The molecular formula is C22H29N3O2. The largest absolute Gasteiger partial charge is 0.345 e. The maximum Gasteiger partial charge on any atom is 0.224 e. The zero-order valence-electron chi connectivity index (χ0n) is 17.0. The molecule has 5 nitrogen and oxygen atoms in total. The van der Waals surface area contributed by atoms with E-state index in [-0.39, 0.29) is 11.8 Å². The summed E-state index contributed by atoms with van der Waals surface area (Å²) in [6.45, 7) is 8.64. The standard InChI is InChI=1S/C22H29N3O2/c1-16-14-17(2)22(18(3)15-16)25(19(4)26)13-9-21(27)24(5)12-8-20-6-10-23-11-7-20/h6-7,10-11,14-15H,8-9,12-13H2,1-5H3. The highest BCUT2D eigenvalue weighted by atomic mass is 16.2. The fourth-order valence-electron chi connectivity index (χ4n) is 3.39. The van der Waals surface area contributed by atoms with Crippen LogP contribution in [-0.4, -0.2) is 41.8 Å². The van der Waals surface area contributed by atoms with Gasteiger partial charge in [0.1, 0.15) is 0 Å². The van der Waals surface area contributed by atoms with E-state index in [0.717, 1.165) is 28.8 Å². The maximum atomic E-state index is 12.5. The first kappa shape index (κ1) is 20.6. The topological polar surface area (TPSA) is 53.5 Å². The first-order chi connectivity index (χ1) is 12.8. The predicted octanol–water partition coefficient (Wildman–Crippen LogP) is 3.45. The summed E-state index contributed by atoms with van der Waals surface area (Å²) in [5, 5.41) is 0. The molecule has 0 radical (unpaired) electrons. The minimum absolute atomic E-state index is 0.0396. The third-order valence-electron chi connectivity index (χ3n) is 4.75. The summed E-state index contributed by atoms with van der Waals surface area (Å²) >= 11 is 0. The molecule has 0 saturated heterocycles. The Morgan fingerprint density at radius 1 is 1.00 bits per heavy atom. The summed E-state index contributed by atoms with van der Waals surface area (Å²) in [6, 6.07) is 8.05. The van der Waals surface area contributed by atoms with E-state index in [0.29, 0.717) is 19.5 Å². The molecule has 0 aliphatic heterocycles. The van der Waals surface area contributed by atoms with Gasteiger partial charge in [-0.25, -0.2) is 0 Å². The van der Waals surface area contributed by atoms with Crippen LogP contribution in [0.2, 0.25) is 0 Å². The Kier molecular flexibility index (Phi) is 7.11. The third kappa shape index (κ3) is 5.64. The Bertz CT molecular complexity index is 779. The minimum Gasteiger partial charge on any atom is -0.345 e. The van der Waals surface area contributed by atoms with Gasteiger partial charge in [0.15, 0.2) is 0 Å². The van der Waals surface area contributed by atoms with Gasteiger partial charge in [-0.15, -0.1) is 0 Å². The molecule has 0 bridgehead atoms. The second-order valence-electron chi connectivity index (χ2n) is 7.09. The van der Waals surface area contributed by atoms with Crippen molar-refractivity contribution in [2.75, 3.05) is 25.0 Å². The molecule has 0 aliphatic rings. The number of hydrogen-bond acceptors (Lipinski definition) is 3. The summed E-state index contributed by atoms with van der Waals surface area (Å²) < 4.78 is 0. The number of carbonyl (C=O) groups excluding carboxylic acids is 2. The monoisotopic (exact) mass is 367 g/mol. The van der Waals surface area contributed by atoms with Crippen molar-refractivity contribution in [1.29, 1.82) is 0 Å². The lowest BCUT2D eigenvalue weighted by Crippen LogP contribution is -2.36. The van der Waals surface area contributed by atoms with Crippen LogP contribution in [0.15, 0.2) is 36.7 Å². The molecule has 1 aromatic carbocycles. The van der Waals surface area contributed by atoms with Crippen LogP contribution in [0.1, 0.15) is 35.6 Å². The van der Waals surface area contributed by atoms with Gasteiger partial charge in [0, 0.05) is 51.6 Å². The number of likely N-dealkylation sites (N-methyl/N-ethyl adjacent to an activating group) is 1. The zero-order valence-corrected chi connectivity index (χ0v) is 17.0. The van der Waals surface area contributed by atoms with Gasteiger partial charge in [-0.2, -0.15) is 0 Å². The average molecular weight is 367 g/mol. The number of nitrogens with zero attached hydrogens (tertiary/aromatic N) is 3. The molecule has 1 heterocycles. The average Bonchev–Trinajstić information content (AvgIpc) is 2.61. The highest BCUT2D eigenvalue weighted by Gasteiger charge is 2.19. The van der Waals surface area contributed by atoms with Gasteiger partial charge in [-0.05, 0) is 56.0 Å². The molecule has 2 aromatic rings. The SMILES string of the molecule is CC(=O)N(CCC(=O)N(C)CCc1ccncc1)c1c(C)cc(C)cc1C. The van der Waals surface area contributed by atoms with E-state index in [1.807, 2.05) is 40.0 Å². The molecule has 0 spiro atoms. The van der Waals surface area contributed by atoms with E-state index in [2.05, 4.69) is 17.1 Å². The fraction of sp³-hybridized carbons (Fsp3) is 0.409. The van der Waals surface area contributed by atoms with Crippen molar-refractivity contribution in [2.45, 2.75) is 40.5 Å². The molecule has 2 amide bonds. The molecule has 0 unspecified atom stereocenters. The van der Waals surface area contributed by atoms with Gasteiger partial charge < -0.3 is 9.80 Å². The second-order valence-corrected chi connectivity index (χ2v) is 7.09. The van der Waals surface area contributed by atoms with Gasteiger partial charge in [-0.3, -0.25) is 14.6 Å². The van der Waals surface area contributed by atoms with Crippen molar-refractivity contribution < 1.29 is 9.59 Å². The minimum atomic E-state index is -0.0442. The van der Waals surface area contributed by atoms with Gasteiger partial charge in [0.25, 0.3) is 0 Å². The summed E-state index contributed by atoms with van der Waals surface area (Å²) in [4.78, 5) is 32.2. The summed E-state index contributed by atoms with van der Waals surface area (Å²) in [6.07, 6.45) is 4.61. The van der Waals surface area contributed by atoms with E-state index >= 15 is 0 Å². The van der Waals surface area contributed by atoms with Gasteiger partial charge >= 0.3 is 0 Å². The van der Waals surface area contributed by atoms with E-state index in [1.165, 1.54) is 5.56 Å². The number of pyridine rings is 1. The Labute approximate surface area is 162 Å². The lowest BCUT2D eigenvalue weighted by Gasteiger charge is -2.26. The molecular weight excluding hydrogens is 338 g/mol. The number of anilines is 1. The molecule has 2 rings (SSSR count). The van der Waals surface area contributed by atoms with Crippen LogP contribution in [0.3, 0.4) is 0 Å². The van der Waals surface area contributed by atoms with Crippen LogP contribution in [0.5, 0.6) is 0 Å². The van der Waals surface area contributed by atoms with Crippen molar-refractivity contribution in [2.24, 2.45) is 0 Å². The van der Waals surface area contributed by atoms with Gasteiger partial charge in [0.05, 0.1) is 0 Å². The number of benzene rings is 1. The van der Waals surface area contributed by atoms with Gasteiger partial charge in [0.2, 0.25) is 11.8 Å². The van der Waals surface area contributed by atoms with Crippen LogP contribution >= 0.6 is 0 Å². The fourth-order valence-corrected chi connectivity index (χ4v) is 3.39. The van der Waals surface area contributed by atoms with Crippen LogP contribution in [0.25, 0.3) is 0 Å². The Morgan fingerprint density at radius 3 is 2.15 bits per heavy atom. The number of aryl methyl sites for hydroxylation is 3. The molecule has 5 heteroatoms. The van der Waals surface area contributed by atoms with Crippen molar-refractivity contribution in [1.82, 2.24) is 9.88 Å². The Hall–Kier alpha value is -2.69. The molecule has 1 aromatic heterocycles. The third-order valence-corrected chi connectivity index (χ3v) is 4.75. The van der Waals surface area contributed by atoms with Gasteiger partial charge in [-0.1, -0.05) is 17.7 Å². The Morgan fingerprint density at radius 2 is 1.59 bits per heavy atom. The first-order valence-electron chi connectivity index (χ1n) is 9.28. The zero-order chi connectivity index (χ0) is 20.0. The quantitative estimate of drug-likeness (QED) is 0.753. The van der Waals surface area contributed by atoms with E-state index in [9.17, 15) is 9.59 Å². The van der Waals surface area contributed by atoms with E-state index in [1.54, 1.807) is 29.1 Å². The van der Waals surface area contributed by atoms with Crippen LogP contribution in [0.4, 0.5) is 5.69 Å². The summed E-state index contributed by atoms with van der Waals surface area (Å²) in [7, 11) is 1.81. The normalized spacial score (nSPS) is 10.6. The molecule has 0 N–H and O–H groups in total. The molecule has 0 fully saturated rings. The molecule has 0 atom stereocenters. The van der Waals surface area contributed by atoms with Crippen LogP contribution in [-0.2, 0) is 16.0 Å². The Balaban J connectivity index is 1.99. The summed E-state index contributed by atoms with van der Waals surface area (Å²) in [5.74, 6) is -0.00462. The number of hydrogen-bond donors (Lipinski definition) is 0. The predicted molar refractivity (Wildman–Crippen MR) is 109 cm³/mol. The van der Waals surface area contributed by atoms with E-state index in [4.69, 9.17) is 0 Å². The number of amides is 2. The first-order valence-corrected chi connectivity index (χ1v) is 9.28. The number of carbonyl (C=O) groups is 2. The smallest absolute Gasteiger partial charge is 0.224 e. The lowest BCUT2D eigenvalue weighted by atomic mass is 10.0.